The highest BCUT2D eigenvalue weighted by Crippen LogP contribution is 2.39. The quantitative estimate of drug-likeness (QED) is 0.361. The molecule has 3 nitrogen and oxygen atoms in total. The Kier molecular flexibility index (Phi) is 5.67. The smallest absolute Gasteiger partial charge is 0.258 e. The normalized spacial score (nSPS) is 11.0. The van der Waals surface area contributed by atoms with E-state index in [0.717, 1.165) is 28.1 Å². The van der Waals surface area contributed by atoms with Crippen LogP contribution >= 0.6 is 0 Å². The second kappa shape index (κ2) is 8.56. The summed E-state index contributed by atoms with van der Waals surface area (Å²) in [5, 5.41) is 2.88. The summed E-state index contributed by atoms with van der Waals surface area (Å²) in [5.41, 5.74) is 4.94. The van der Waals surface area contributed by atoms with E-state index in [1.165, 1.54) is 36.4 Å². The van der Waals surface area contributed by atoms with Crippen molar-refractivity contribution in [1.82, 2.24) is 4.98 Å². The van der Waals surface area contributed by atoms with Gasteiger partial charge < -0.3 is 10.3 Å². The number of nitrogens with one attached hydrogen (secondary N) is 2. The molecule has 0 unspecified atom stereocenters. The van der Waals surface area contributed by atoms with Crippen molar-refractivity contribution >= 4 is 11.6 Å². The molecule has 4 aromatic rings. The summed E-state index contributed by atoms with van der Waals surface area (Å²) in [6.07, 6.45) is 0. The molecule has 0 spiro atoms. The number of hydrogen-bond acceptors (Lipinski definition) is 1. The molecule has 1 amide bonds. The van der Waals surface area contributed by atoms with E-state index in [1.54, 1.807) is 12.1 Å². The molecule has 0 saturated carbocycles. The van der Waals surface area contributed by atoms with E-state index in [2.05, 4.69) is 10.3 Å². The molecule has 5 heteroatoms. The summed E-state index contributed by atoms with van der Waals surface area (Å²) in [7, 11) is 0. The van der Waals surface area contributed by atoms with Crippen LogP contribution in [0, 0.1) is 11.6 Å². The Morgan fingerprint density at radius 1 is 0.806 bits per heavy atom. The number of carbonyl (C=O) groups excluding carboxylic acids is 1. The number of H-pyrrole nitrogens is 1. The Hall–Kier alpha value is -3.73. The van der Waals surface area contributed by atoms with Crippen LogP contribution in [-0.2, 0) is 0 Å². The number of aromatic amines is 1. The fourth-order valence-corrected chi connectivity index (χ4v) is 3.64. The van der Waals surface area contributed by atoms with Gasteiger partial charge in [0, 0.05) is 16.9 Å². The number of rotatable bonds is 5. The van der Waals surface area contributed by atoms with Crippen molar-refractivity contribution in [3.8, 4) is 22.4 Å². The van der Waals surface area contributed by atoms with E-state index in [-0.39, 0.29) is 23.5 Å². The van der Waals surface area contributed by atoms with Crippen molar-refractivity contribution in [3.05, 3.63) is 102 Å². The van der Waals surface area contributed by atoms with Crippen LogP contribution in [0.4, 0.5) is 14.5 Å². The Labute approximate surface area is 179 Å². The summed E-state index contributed by atoms with van der Waals surface area (Å²) >= 11 is 0. The molecule has 156 valence electrons. The van der Waals surface area contributed by atoms with Gasteiger partial charge in [-0.15, -0.1) is 0 Å². The zero-order valence-electron chi connectivity index (χ0n) is 17.2. The maximum absolute atomic E-state index is 13.5. The number of amides is 1. The average molecular weight is 416 g/mol. The average Bonchev–Trinajstić information content (AvgIpc) is 3.18. The highest BCUT2D eigenvalue weighted by Gasteiger charge is 2.26. The van der Waals surface area contributed by atoms with Gasteiger partial charge in [-0.25, -0.2) is 8.78 Å². The van der Waals surface area contributed by atoms with Crippen LogP contribution in [0.15, 0.2) is 78.9 Å². The van der Waals surface area contributed by atoms with Crippen molar-refractivity contribution in [2.75, 3.05) is 5.32 Å². The van der Waals surface area contributed by atoms with Gasteiger partial charge in [0.25, 0.3) is 5.91 Å². The number of benzene rings is 3. The minimum absolute atomic E-state index is 0.0330. The second-order valence-corrected chi connectivity index (χ2v) is 7.65. The topological polar surface area (TPSA) is 44.9 Å². The lowest BCUT2D eigenvalue weighted by Crippen LogP contribution is -2.15. The molecule has 0 fully saturated rings. The predicted molar refractivity (Wildman–Crippen MR) is 120 cm³/mol. The van der Waals surface area contributed by atoms with E-state index in [4.69, 9.17) is 0 Å². The molecule has 2 N–H and O–H groups in total. The first-order chi connectivity index (χ1) is 14.9. The predicted octanol–water partition coefficient (Wildman–Crippen LogP) is 7.00. The first-order valence-corrected chi connectivity index (χ1v) is 10.1. The number of anilines is 1. The maximum Gasteiger partial charge on any atom is 0.258 e. The molecule has 1 heterocycles. The zero-order chi connectivity index (χ0) is 22.0. The molecule has 1 aromatic heterocycles. The van der Waals surface area contributed by atoms with Crippen molar-refractivity contribution in [2.24, 2.45) is 0 Å². The number of halogens is 2. The number of carbonyl (C=O) groups is 1. The fourth-order valence-electron chi connectivity index (χ4n) is 3.64. The molecular formula is C26H22F2N2O. The minimum Gasteiger partial charge on any atom is -0.357 e. The van der Waals surface area contributed by atoms with Crippen molar-refractivity contribution in [1.29, 1.82) is 0 Å². The van der Waals surface area contributed by atoms with Gasteiger partial charge in [-0.3, -0.25) is 4.79 Å². The molecule has 0 atom stereocenters. The minimum atomic E-state index is -0.369. The van der Waals surface area contributed by atoms with E-state index < -0.39 is 0 Å². The molecule has 0 bridgehead atoms. The summed E-state index contributed by atoms with van der Waals surface area (Å²) < 4.78 is 26.8. The van der Waals surface area contributed by atoms with E-state index in [9.17, 15) is 13.6 Å². The SMILES string of the molecule is CC(C)c1[nH]c(-c2ccc(F)cc2)c(-c2ccccc2)c1C(=O)Nc1ccc(F)cc1. The summed E-state index contributed by atoms with van der Waals surface area (Å²) in [6.45, 7) is 4.01. The first-order valence-electron chi connectivity index (χ1n) is 10.1. The van der Waals surface area contributed by atoms with Crippen LogP contribution in [0.3, 0.4) is 0 Å². The molecule has 0 aliphatic carbocycles. The standard InChI is InChI=1S/C26H22F2N2O/c1-16(2)24-23(26(31)29-21-14-12-20(28)13-15-21)22(17-6-4-3-5-7-17)25(30-24)18-8-10-19(27)11-9-18/h3-16,30H,1-2H3,(H,29,31). The molecule has 0 aliphatic heterocycles. The van der Waals surface area contributed by atoms with Crippen molar-refractivity contribution < 1.29 is 13.6 Å². The number of hydrogen-bond donors (Lipinski definition) is 2. The van der Waals surface area contributed by atoms with Gasteiger partial charge in [-0.1, -0.05) is 44.2 Å². The lowest BCUT2D eigenvalue weighted by Gasteiger charge is -2.12. The molecule has 3 aromatic carbocycles. The van der Waals surface area contributed by atoms with Gasteiger partial charge >= 0.3 is 0 Å². The summed E-state index contributed by atoms with van der Waals surface area (Å²) in [6, 6.07) is 21.5. The molecule has 0 saturated heterocycles. The Morgan fingerprint density at radius 3 is 1.97 bits per heavy atom. The molecular weight excluding hydrogens is 394 g/mol. The first kappa shape index (κ1) is 20.5. The van der Waals surface area contributed by atoms with E-state index in [1.807, 2.05) is 44.2 Å². The fraction of sp³-hybridized carbons (Fsp3) is 0.115. The van der Waals surface area contributed by atoms with Gasteiger partial charge in [-0.2, -0.15) is 0 Å². The van der Waals surface area contributed by atoms with Crippen LogP contribution in [0.5, 0.6) is 0 Å². The van der Waals surface area contributed by atoms with Gasteiger partial charge in [-0.05, 0) is 65.6 Å². The van der Waals surface area contributed by atoms with E-state index >= 15 is 0 Å². The maximum atomic E-state index is 13.5. The summed E-state index contributed by atoms with van der Waals surface area (Å²) in [4.78, 5) is 16.8. The lowest BCUT2D eigenvalue weighted by atomic mass is 9.94. The Bertz CT molecular complexity index is 1190. The molecule has 0 aliphatic rings. The number of aromatic nitrogens is 1. The lowest BCUT2D eigenvalue weighted by molar-refractivity contribution is 0.102. The van der Waals surface area contributed by atoms with Crippen molar-refractivity contribution in [3.63, 3.8) is 0 Å². The third-order valence-corrected chi connectivity index (χ3v) is 5.13. The van der Waals surface area contributed by atoms with Gasteiger partial charge in [0.1, 0.15) is 11.6 Å². The Morgan fingerprint density at radius 2 is 1.39 bits per heavy atom. The summed E-state index contributed by atoms with van der Waals surface area (Å²) in [5.74, 6) is -0.953. The van der Waals surface area contributed by atoms with Crippen LogP contribution in [0.2, 0.25) is 0 Å². The molecule has 0 radical (unpaired) electrons. The Balaban J connectivity index is 1.90. The third kappa shape index (κ3) is 4.26. The highest BCUT2D eigenvalue weighted by atomic mass is 19.1. The molecule has 4 rings (SSSR count). The van der Waals surface area contributed by atoms with E-state index in [0.29, 0.717) is 11.3 Å². The monoisotopic (exact) mass is 416 g/mol. The van der Waals surface area contributed by atoms with Crippen LogP contribution < -0.4 is 5.32 Å². The van der Waals surface area contributed by atoms with Crippen LogP contribution in [-0.4, -0.2) is 10.9 Å². The van der Waals surface area contributed by atoms with Crippen LogP contribution in [0.1, 0.15) is 35.8 Å². The highest BCUT2D eigenvalue weighted by molar-refractivity contribution is 6.12. The zero-order valence-corrected chi connectivity index (χ0v) is 17.2. The second-order valence-electron chi connectivity index (χ2n) is 7.65. The van der Waals surface area contributed by atoms with Gasteiger partial charge in [0.15, 0.2) is 0 Å². The van der Waals surface area contributed by atoms with Gasteiger partial charge in [0.05, 0.1) is 11.3 Å². The molecule has 31 heavy (non-hydrogen) atoms. The van der Waals surface area contributed by atoms with Crippen molar-refractivity contribution in [2.45, 2.75) is 19.8 Å². The van der Waals surface area contributed by atoms with Gasteiger partial charge in [0.2, 0.25) is 0 Å². The third-order valence-electron chi connectivity index (χ3n) is 5.13. The largest absolute Gasteiger partial charge is 0.357 e. The van der Waals surface area contributed by atoms with Crippen LogP contribution in [0.25, 0.3) is 22.4 Å².